The average molecular weight is 385 g/mol. The van der Waals surface area contributed by atoms with Crippen molar-refractivity contribution in [3.8, 4) is 11.5 Å². The van der Waals surface area contributed by atoms with E-state index in [1.165, 1.54) is 0 Å². The van der Waals surface area contributed by atoms with E-state index in [1.807, 2.05) is 17.5 Å². The molecule has 1 aromatic carbocycles. The predicted molar refractivity (Wildman–Crippen MR) is 103 cm³/mol. The van der Waals surface area contributed by atoms with Crippen LogP contribution >= 0.6 is 11.3 Å². The number of hydrogen-bond acceptors (Lipinski definition) is 7. The van der Waals surface area contributed by atoms with Gasteiger partial charge in [-0.05, 0) is 23.6 Å². The molecule has 0 amide bonds. The largest absolute Gasteiger partial charge is 0.493 e. The fourth-order valence-electron chi connectivity index (χ4n) is 3.35. The predicted octanol–water partition coefficient (Wildman–Crippen LogP) is 3.20. The Labute approximate surface area is 160 Å². The number of aromatic nitrogens is 2. The Bertz CT molecular complexity index is 966. The van der Waals surface area contributed by atoms with Gasteiger partial charge in [-0.2, -0.15) is 0 Å². The molecule has 0 saturated carbocycles. The highest BCUT2D eigenvalue weighted by molar-refractivity contribution is 7.17. The van der Waals surface area contributed by atoms with E-state index in [-0.39, 0.29) is 0 Å². The number of carbonyl (C=O) groups is 1. The second-order valence-electron chi connectivity index (χ2n) is 6.37. The lowest BCUT2D eigenvalue weighted by atomic mass is 9.91. The number of piperidine rings is 1. The first-order chi connectivity index (χ1) is 13.1. The zero-order chi connectivity index (χ0) is 18.9. The number of thiophene rings is 1. The SMILES string of the molecule is COc1ccccc1OC1(C(=O)O)CCN(c2ncnc3ccsc23)CC1. The molecule has 2 aromatic heterocycles. The van der Waals surface area contributed by atoms with Gasteiger partial charge in [0.1, 0.15) is 12.1 Å². The van der Waals surface area contributed by atoms with Gasteiger partial charge in [0.05, 0.1) is 17.3 Å². The Kier molecular flexibility index (Phi) is 4.57. The van der Waals surface area contributed by atoms with Crippen LogP contribution in [0, 0.1) is 0 Å². The molecule has 0 unspecified atom stereocenters. The van der Waals surface area contributed by atoms with Gasteiger partial charge >= 0.3 is 5.97 Å². The number of para-hydroxylation sites is 2. The molecule has 0 atom stereocenters. The van der Waals surface area contributed by atoms with Crippen LogP contribution in [-0.2, 0) is 4.79 Å². The molecule has 1 saturated heterocycles. The Morgan fingerprint density at radius 2 is 1.93 bits per heavy atom. The van der Waals surface area contributed by atoms with Crippen molar-refractivity contribution in [1.29, 1.82) is 0 Å². The molecule has 1 fully saturated rings. The van der Waals surface area contributed by atoms with Crippen LogP contribution in [0.4, 0.5) is 5.82 Å². The summed E-state index contributed by atoms with van der Waals surface area (Å²) in [7, 11) is 1.54. The van der Waals surface area contributed by atoms with Crippen molar-refractivity contribution >= 4 is 33.3 Å². The molecule has 1 aliphatic heterocycles. The van der Waals surface area contributed by atoms with Crippen molar-refractivity contribution in [1.82, 2.24) is 9.97 Å². The van der Waals surface area contributed by atoms with Gasteiger partial charge in [-0.3, -0.25) is 0 Å². The third-order valence-corrected chi connectivity index (χ3v) is 5.76. The van der Waals surface area contributed by atoms with Gasteiger partial charge in [0.2, 0.25) is 5.60 Å². The van der Waals surface area contributed by atoms with Crippen molar-refractivity contribution in [3.63, 3.8) is 0 Å². The number of benzene rings is 1. The third-order valence-electron chi connectivity index (χ3n) is 4.86. The summed E-state index contributed by atoms with van der Waals surface area (Å²) < 4.78 is 12.3. The first-order valence-corrected chi connectivity index (χ1v) is 9.49. The summed E-state index contributed by atoms with van der Waals surface area (Å²) in [4.78, 5) is 22.9. The molecule has 0 radical (unpaired) electrons. The van der Waals surface area contributed by atoms with Crippen LogP contribution in [0.5, 0.6) is 11.5 Å². The van der Waals surface area contributed by atoms with E-state index in [1.54, 1.807) is 43.0 Å². The van der Waals surface area contributed by atoms with Gasteiger partial charge in [0.15, 0.2) is 11.5 Å². The Hall–Kier alpha value is -2.87. The summed E-state index contributed by atoms with van der Waals surface area (Å²) >= 11 is 1.59. The Morgan fingerprint density at radius 1 is 1.19 bits per heavy atom. The highest BCUT2D eigenvalue weighted by Gasteiger charge is 2.45. The lowest BCUT2D eigenvalue weighted by Crippen LogP contribution is -2.53. The minimum atomic E-state index is -1.28. The first kappa shape index (κ1) is 17.5. The number of aliphatic carboxylic acids is 1. The van der Waals surface area contributed by atoms with Crippen LogP contribution in [0.1, 0.15) is 12.8 Å². The summed E-state index contributed by atoms with van der Waals surface area (Å²) in [5, 5.41) is 11.9. The minimum Gasteiger partial charge on any atom is -0.493 e. The van der Waals surface area contributed by atoms with Gasteiger partial charge in [-0.1, -0.05) is 12.1 Å². The van der Waals surface area contributed by atoms with E-state index in [2.05, 4.69) is 14.9 Å². The fourth-order valence-corrected chi connectivity index (χ4v) is 4.22. The molecule has 8 heteroatoms. The van der Waals surface area contributed by atoms with Crippen LogP contribution in [0.25, 0.3) is 10.2 Å². The third kappa shape index (κ3) is 3.16. The van der Waals surface area contributed by atoms with E-state index in [9.17, 15) is 9.90 Å². The first-order valence-electron chi connectivity index (χ1n) is 8.61. The second-order valence-corrected chi connectivity index (χ2v) is 7.29. The number of carboxylic acids is 1. The molecule has 0 spiro atoms. The van der Waals surface area contributed by atoms with Gasteiger partial charge in [0, 0.05) is 25.9 Å². The topological polar surface area (TPSA) is 84.8 Å². The molecule has 27 heavy (non-hydrogen) atoms. The van der Waals surface area contributed by atoms with Crippen LogP contribution in [0.15, 0.2) is 42.0 Å². The zero-order valence-electron chi connectivity index (χ0n) is 14.8. The van der Waals surface area contributed by atoms with Gasteiger partial charge in [0.25, 0.3) is 0 Å². The quantitative estimate of drug-likeness (QED) is 0.722. The second kappa shape index (κ2) is 7.03. The highest BCUT2D eigenvalue weighted by atomic mass is 32.1. The van der Waals surface area contributed by atoms with Crippen molar-refractivity contribution in [2.45, 2.75) is 18.4 Å². The maximum absolute atomic E-state index is 12.1. The molecular formula is C19H19N3O4S. The molecular weight excluding hydrogens is 366 g/mol. The summed E-state index contributed by atoms with van der Waals surface area (Å²) in [5.74, 6) is 0.860. The molecule has 0 aliphatic carbocycles. The molecule has 3 heterocycles. The molecule has 7 nitrogen and oxygen atoms in total. The summed E-state index contributed by atoms with van der Waals surface area (Å²) in [6.07, 6.45) is 2.24. The summed E-state index contributed by atoms with van der Waals surface area (Å²) in [6, 6.07) is 9.07. The minimum absolute atomic E-state index is 0.344. The number of nitrogens with zero attached hydrogens (tertiary/aromatic N) is 3. The smallest absolute Gasteiger partial charge is 0.348 e. The lowest BCUT2D eigenvalue weighted by Gasteiger charge is -2.39. The van der Waals surface area contributed by atoms with Crippen molar-refractivity contribution in [2.75, 3.05) is 25.1 Å². The molecule has 1 aliphatic rings. The summed E-state index contributed by atoms with van der Waals surface area (Å²) in [5.41, 5.74) is -0.377. The lowest BCUT2D eigenvalue weighted by molar-refractivity contribution is -0.157. The van der Waals surface area contributed by atoms with Crippen LogP contribution in [0.3, 0.4) is 0 Å². The average Bonchev–Trinajstić information content (AvgIpc) is 3.18. The zero-order valence-corrected chi connectivity index (χ0v) is 15.6. The fraction of sp³-hybridized carbons (Fsp3) is 0.316. The van der Waals surface area contributed by atoms with Crippen molar-refractivity contribution in [2.24, 2.45) is 0 Å². The summed E-state index contributed by atoms with van der Waals surface area (Å²) in [6.45, 7) is 1.07. The molecule has 1 N–H and O–H groups in total. The van der Waals surface area contributed by atoms with E-state index >= 15 is 0 Å². The molecule has 4 rings (SSSR count). The normalized spacial score (nSPS) is 16.3. The molecule has 0 bridgehead atoms. The van der Waals surface area contributed by atoms with Gasteiger partial charge < -0.3 is 19.5 Å². The van der Waals surface area contributed by atoms with Crippen LogP contribution in [-0.4, -0.2) is 46.8 Å². The van der Waals surface area contributed by atoms with Crippen molar-refractivity contribution < 1.29 is 19.4 Å². The molecule has 140 valence electrons. The van der Waals surface area contributed by atoms with Crippen LogP contribution in [0.2, 0.25) is 0 Å². The number of methoxy groups -OCH3 is 1. The monoisotopic (exact) mass is 385 g/mol. The number of ether oxygens (including phenoxy) is 2. The molecule has 3 aromatic rings. The standard InChI is InChI=1S/C19H19N3O4S/c1-25-14-4-2-3-5-15(14)26-19(18(23)24)7-9-22(10-8-19)17-16-13(6-11-27-16)20-12-21-17/h2-6,11-12H,7-10H2,1H3,(H,23,24). The van der Waals surface area contributed by atoms with Crippen LogP contribution < -0.4 is 14.4 Å². The Balaban J connectivity index is 1.57. The van der Waals surface area contributed by atoms with E-state index in [0.717, 1.165) is 16.0 Å². The maximum Gasteiger partial charge on any atom is 0.348 e. The van der Waals surface area contributed by atoms with E-state index in [0.29, 0.717) is 37.4 Å². The van der Waals surface area contributed by atoms with Gasteiger partial charge in [-0.25, -0.2) is 14.8 Å². The Morgan fingerprint density at radius 3 is 2.63 bits per heavy atom. The highest BCUT2D eigenvalue weighted by Crippen LogP contribution is 2.37. The van der Waals surface area contributed by atoms with Crippen molar-refractivity contribution in [3.05, 3.63) is 42.0 Å². The number of carboxylic acid groups (broad SMARTS) is 1. The van der Waals surface area contributed by atoms with E-state index < -0.39 is 11.6 Å². The number of fused-ring (bicyclic) bond motifs is 1. The maximum atomic E-state index is 12.1. The number of hydrogen-bond donors (Lipinski definition) is 1. The van der Waals surface area contributed by atoms with Gasteiger partial charge in [-0.15, -0.1) is 11.3 Å². The van der Waals surface area contributed by atoms with E-state index in [4.69, 9.17) is 9.47 Å². The number of anilines is 1. The number of rotatable bonds is 5.